The molecule has 6 heteroatoms. The Bertz CT molecular complexity index is 782. The zero-order valence-electron chi connectivity index (χ0n) is 14.6. The molecule has 2 aromatic carbocycles. The Labute approximate surface area is 152 Å². The highest BCUT2D eigenvalue weighted by atomic mass is 16.5. The monoisotopic (exact) mass is 351 g/mol. The van der Waals surface area contributed by atoms with Crippen molar-refractivity contribution in [3.63, 3.8) is 0 Å². The van der Waals surface area contributed by atoms with Crippen LogP contribution < -0.4 is 10.5 Å². The molecule has 2 amide bonds. The van der Waals surface area contributed by atoms with E-state index in [9.17, 15) is 9.59 Å². The van der Waals surface area contributed by atoms with Gasteiger partial charge in [-0.3, -0.25) is 9.59 Å². The highest BCUT2D eigenvalue weighted by Gasteiger charge is 2.22. The van der Waals surface area contributed by atoms with Crippen LogP contribution in [0.5, 0.6) is 5.75 Å². The molecule has 6 nitrogen and oxygen atoms in total. The van der Waals surface area contributed by atoms with Crippen molar-refractivity contribution in [2.45, 2.75) is 26.0 Å². The van der Waals surface area contributed by atoms with Crippen LogP contribution in [0.2, 0.25) is 0 Å². The first-order valence-electron chi connectivity index (χ1n) is 8.27. The van der Waals surface area contributed by atoms with Gasteiger partial charge in [0.1, 0.15) is 5.75 Å². The Hall–Kier alpha value is -3.33. The molecule has 1 unspecified atom stereocenters. The second-order valence-electron chi connectivity index (χ2n) is 5.86. The van der Waals surface area contributed by atoms with Gasteiger partial charge in [-0.1, -0.05) is 30.3 Å². The fourth-order valence-corrected chi connectivity index (χ4v) is 2.44. The van der Waals surface area contributed by atoms with E-state index in [0.717, 1.165) is 5.56 Å². The largest absolute Gasteiger partial charge is 0.481 e. The summed E-state index contributed by atoms with van der Waals surface area (Å²) < 4.78 is 5.68. The predicted molar refractivity (Wildman–Crippen MR) is 96.9 cm³/mol. The van der Waals surface area contributed by atoms with Crippen molar-refractivity contribution in [2.24, 2.45) is 5.73 Å². The molecule has 0 fully saturated rings. The Kier molecular flexibility index (Phi) is 6.75. The van der Waals surface area contributed by atoms with E-state index in [1.807, 2.05) is 36.4 Å². The normalized spacial score (nSPS) is 11.2. The van der Waals surface area contributed by atoms with E-state index in [1.165, 1.54) is 0 Å². The van der Waals surface area contributed by atoms with Gasteiger partial charge in [-0.05, 0) is 36.8 Å². The third-order valence-corrected chi connectivity index (χ3v) is 3.80. The van der Waals surface area contributed by atoms with Crippen LogP contribution in [0.15, 0.2) is 54.6 Å². The van der Waals surface area contributed by atoms with Gasteiger partial charge in [0.25, 0.3) is 5.91 Å². The molecule has 134 valence electrons. The number of ether oxygens (including phenoxy) is 1. The van der Waals surface area contributed by atoms with Gasteiger partial charge < -0.3 is 15.4 Å². The topological polar surface area (TPSA) is 96.4 Å². The molecule has 0 bridgehead atoms. The Balaban J connectivity index is 2.07. The molecule has 2 aromatic rings. The highest BCUT2D eigenvalue weighted by Crippen LogP contribution is 2.15. The van der Waals surface area contributed by atoms with E-state index in [4.69, 9.17) is 15.7 Å². The van der Waals surface area contributed by atoms with E-state index < -0.39 is 12.0 Å². The number of hydrogen-bond acceptors (Lipinski definition) is 4. The molecule has 26 heavy (non-hydrogen) atoms. The van der Waals surface area contributed by atoms with Gasteiger partial charge >= 0.3 is 0 Å². The summed E-state index contributed by atoms with van der Waals surface area (Å²) in [7, 11) is 0. The number of benzene rings is 2. The first kappa shape index (κ1) is 19.0. The van der Waals surface area contributed by atoms with Gasteiger partial charge in [-0.25, -0.2) is 0 Å². The van der Waals surface area contributed by atoms with E-state index >= 15 is 0 Å². The number of carbonyl (C=O) groups is 2. The molecule has 0 heterocycles. The quantitative estimate of drug-likeness (QED) is 0.789. The van der Waals surface area contributed by atoms with Crippen LogP contribution in [0.1, 0.15) is 24.5 Å². The number of nitrogens with zero attached hydrogens (tertiary/aromatic N) is 2. The Morgan fingerprint density at radius 3 is 2.38 bits per heavy atom. The SMILES string of the molecule is CC(Oc1ccc(C#N)cc1)C(=O)N(CCC(N)=O)Cc1ccccc1. The lowest BCUT2D eigenvalue weighted by molar-refractivity contribution is -0.139. The smallest absolute Gasteiger partial charge is 0.263 e. The summed E-state index contributed by atoms with van der Waals surface area (Å²) in [6.45, 7) is 2.25. The number of amides is 2. The Morgan fingerprint density at radius 1 is 1.15 bits per heavy atom. The first-order valence-corrected chi connectivity index (χ1v) is 8.27. The van der Waals surface area contributed by atoms with Crippen LogP contribution in [-0.4, -0.2) is 29.4 Å². The van der Waals surface area contributed by atoms with E-state index in [0.29, 0.717) is 17.9 Å². The summed E-state index contributed by atoms with van der Waals surface area (Å²) in [5, 5.41) is 8.83. The summed E-state index contributed by atoms with van der Waals surface area (Å²) in [4.78, 5) is 25.5. The summed E-state index contributed by atoms with van der Waals surface area (Å²) in [5.74, 6) is -0.199. The molecule has 2 rings (SSSR count). The van der Waals surface area contributed by atoms with Crippen molar-refractivity contribution >= 4 is 11.8 Å². The number of nitrogens with two attached hydrogens (primary N) is 1. The van der Waals surface area contributed by atoms with Crippen molar-refractivity contribution in [1.82, 2.24) is 4.90 Å². The van der Waals surface area contributed by atoms with Gasteiger partial charge in [0.05, 0.1) is 11.6 Å². The summed E-state index contributed by atoms with van der Waals surface area (Å²) in [6, 6.07) is 18.1. The highest BCUT2D eigenvalue weighted by molar-refractivity contribution is 5.82. The van der Waals surface area contributed by atoms with Crippen LogP contribution in [0, 0.1) is 11.3 Å². The maximum absolute atomic E-state index is 12.8. The van der Waals surface area contributed by atoms with Crippen LogP contribution >= 0.6 is 0 Å². The minimum absolute atomic E-state index is 0.0855. The zero-order chi connectivity index (χ0) is 18.9. The molecular formula is C20H21N3O3. The van der Waals surface area contributed by atoms with E-state index in [2.05, 4.69) is 0 Å². The number of rotatable bonds is 8. The fourth-order valence-electron chi connectivity index (χ4n) is 2.44. The average molecular weight is 351 g/mol. The number of primary amides is 1. The van der Waals surface area contributed by atoms with Crippen molar-refractivity contribution in [2.75, 3.05) is 6.54 Å². The lowest BCUT2D eigenvalue weighted by atomic mass is 10.2. The van der Waals surface area contributed by atoms with Crippen LogP contribution in [0.25, 0.3) is 0 Å². The predicted octanol–water partition coefficient (Wildman–Crippen LogP) is 2.23. The third kappa shape index (κ3) is 5.64. The molecule has 0 saturated carbocycles. The second-order valence-corrected chi connectivity index (χ2v) is 5.86. The second kappa shape index (κ2) is 9.23. The van der Waals surface area contributed by atoms with Crippen molar-refractivity contribution in [3.05, 3.63) is 65.7 Å². The van der Waals surface area contributed by atoms with Gasteiger partial charge in [0.2, 0.25) is 5.91 Å². The minimum atomic E-state index is -0.737. The molecule has 0 aromatic heterocycles. The standard InChI is InChI=1S/C20H21N3O3/c1-15(26-18-9-7-16(13-21)8-10-18)20(25)23(12-11-19(22)24)14-17-5-3-2-4-6-17/h2-10,15H,11-12,14H2,1H3,(H2,22,24). The number of hydrogen-bond donors (Lipinski definition) is 1. The van der Waals surface area contributed by atoms with Gasteiger partial charge in [0.15, 0.2) is 6.10 Å². The molecular weight excluding hydrogens is 330 g/mol. The summed E-state index contributed by atoms with van der Waals surface area (Å²) in [6.07, 6.45) is -0.651. The van der Waals surface area contributed by atoms with Gasteiger partial charge in [-0.2, -0.15) is 5.26 Å². The minimum Gasteiger partial charge on any atom is -0.481 e. The van der Waals surface area contributed by atoms with Crippen molar-refractivity contribution < 1.29 is 14.3 Å². The maximum atomic E-state index is 12.8. The van der Waals surface area contributed by atoms with Crippen LogP contribution in [0.3, 0.4) is 0 Å². The zero-order valence-corrected chi connectivity index (χ0v) is 14.6. The van der Waals surface area contributed by atoms with Crippen molar-refractivity contribution in [3.8, 4) is 11.8 Å². The molecule has 0 saturated heterocycles. The van der Waals surface area contributed by atoms with E-state index in [-0.39, 0.29) is 18.9 Å². The molecule has 0 spiro atoms. The molecule has 0 aliphatic rings. The molecule has 0 aliphatic heterocycles. The Morgan fingerprint density at radius 2 is 1.81 bits per heavy atom. The van der Waals surface area contributed by atoms with E-state index in [1.54, 1.807) is 36.1 Å². The fraction of sp³-hybridized carbons (Fsp3) is 0.250. The van der Waals surface area contributed by atoms with Gasteiger partial charge in [-0.15, -0.1) is 0 Å². The maximum Gasteiger partial charge on any atom is 0.263 e. The number of nitriles is 1. The molecule has 2 N–H and O–H groups in total. The van der Waals surface area contributed by atoms with Crippen molar-refractivity contribution in [1.29, 1.82) is 5.26 Å². The first-order chi connectivity index (χ1) is 12.5. The number of carbonyl (C=O) groups excluding carboxylic acids is 2. The molecule has 1 atom stereocenters. The lowest BCUT2D eigenvalue weighted by Gasteiger charge is -2.26. The lowest BCUT2D eigenvalue weighted by Crippen LogP contribution is -2.41. The van der Waals surface area contributed by atoms with Gasteiger partial charge in [0, 0.05) is 19.5 Å². The van der Waals surface area contributed by atoms with Crippen LogP contribution in [-0.2, 0) is 16.1 Å². The third-order valence-electron chi connectivity index (χ3n) is 3.80. The summed E-state index contributed by atoms with van der Waals surface area (Å²) >= 11 is 0. The molecule has 0 radical (unpaired) electrons. The van der Waals surface area contributed by atoms with Crippen LogP contribution in [0.4, 0.5) is 0 Å². The average Bonchev–Trinajstić information content (AvgIpc) is 2.65. The summed E-state index contributed by atoms with van der Waals surface area (Å²) in [5.41, 5.74) is 6.70. The molecule has 0 aliphatic carbocycles.